The summed E-state index contributed by atoms with van der Waals surface area (Å²) in [6, 6.07) is 11.6. The van der Waals surface area contributed by atoms with E-state index in [4.69, 9.17) is 4.74 Å². The van der Waals surface area contributed by atoms with Crippen molar-refractivity contribution in [2.45, 2.75) is 6.54 Å². The second-order valence-electron chi connectivity index (χ2n) is 5.82. The first-order chi connectivity index (χ1) is 13.1. The summed E-state index contributed by atoms with van der Waals surface area (Å²) in [5, 5.41) is 3.05. The van der Waals surface area contributed by atoms with Crippen LogP contribution in [0.1, 0.15) is 0 Å². The molecule has 6 nitrogen and oxygen atoms in total. The number of halogens is 1. The Morgan fingerprint density at radius 3 is 2.89 bits per heavy atom. The predicted octanol–water partition coefficient (Wildman–Crippen LogP) is 3.40. The van der Waals surface area contributed by atoms with E-state index < -0.39 is 11.7 Å². The van der Waals surface area contributed by atoms with Gasteiger partial charge in [-0.15, -0.1) is 11.3 Å². The minimum atomic E-state index is -0.419. The van der Waals surface area contributed by atoms with Crippen molar-refractivity contribution in [1.82, 2.24) is 9.55 Å². The summed E-state index contributed by atoms with van der Waals surface area (Å²) < 4.78 is 21.5. The Balaban J connectivity index is 1.67. The molecule has 136 valence electrons. The van der Waals surface area contributed by atoms with Gasteiger partial charge in [-0.2, -0.15) is 0 Å². The van der Waals surface area contributed by atoms with E-state index in [1.54, 1.807) is 36.4 Å². The monoisotopic (exact) mass is 383 g/mol. The summed E-state index contributed by atoms with van der Waals surface area (Å²) in [5.74, 6) is -0.292. The highest BCUT2D eigenvalue weighted by Gasteiger charge is 2.16. The number of amides is 1. The highest BCUT2D eigenvalue weighted by molar-refractivity contribution is 7.25. The zero-order valence-corrected chi connectivity index (χ0v) is 15.0. The highest BCUT2D eigenvalue weighted by Crippen LogP contribution is 2.31. The van der Waals surface area contributed by atoms with E-state index in [2.05, 4.69) is 10.3 Å². The fourth-order valence-electron chi connectivity index (χ4n) is 2.87. The van der Waals surface area contributed by atoms with Gasteiger partial charge in [0.15, 0.2) is 0 Å². The molecule has 0 unspecified atom stereocenters. The van der Waals surface area contributed by atoms with Gasteiger partial charge in [0.05, 0.1) is 30.0 Å². The van der Waals surface area contributed by atoms with Gasteiger partial charge in [-0.05, 0) is 24.3 Å². The van der Waals surface area contributed by atoms with Crippen LogP contribution in [0.2, 0.25) is 0 Å². The number of rotatable bonds is 4. The van der Waals surface area contributed by atoms with Gasteiger partial charge < -0.3 is 10.1 Å². The number of hydrogen-bond acceptors (Lipinski definition) is 5. The molecule has 0 spiro atoms. The van der Waals surface area contributed by atoms with Gasteiger partial charge in [0.25, 0.3) is 5.56 Å². The van der Waals surface area contributed by atoms with Crippen LogP contribution < -0.4 is 15.6 Å². The first-order valence-electron chi connectivity index (χ1n) is 8.07. The minimum Gasteiger partial charge on any atom is -0.495 e. The van der Waals surface area contributed by atoms with Crippen molar-refractivity contribution in [2.75, 3.05) is 12.4 Å². The smallest absolute Gasteiger partial charge is 0.271 e. The molecule has 0 bridgehead atoms. The molecule has 0 atom stereocenters. The van der Waals surface area contributed by atoms with E-state index >= 15 is 0 Å². The lowest BCUT2D eigenvalue weighted by atomic mass is 10.2. The molecule has 0 saturated carbocycles. The average Bonchev–Trinajstić information content (AvgIpc) is 3.05. The van der Waals surface area contributed by atoms with E-state index in [0.29, 0.717) is 31.7 Å². The topological polar surface area (TPSA) is 73.2 Å². The predicted molar refractivity (Wildman–Crippen MR) is 103 cm³/mol. The molecule has 2 aromatic carbocycles. The van der Waals surface area contributed by atoms with Crippen molar-refractivity contribution >= 4 is 43.2 Å². The lowest BCUT2D eigenvalue weighted by Crippen LogP contribution is -2.27. The molecular weight excluding hydrogens is 369 g/mol. The van der Waals surface area contributed by atoms with E-state index in [1.807, 2.05) is 0 Å². The van der Waals surface area contributed by atoms with Crippen LogP contribution in [0.5, 0.6) is 5.75 Å². The molecule has 0 fully saturated rings. The Bertz CT molecular complexity index is 1230. The van der Waals surface area contributed by atoms with Crippen LogP contribution in [0, 0.1) is 5.82 Å². The maximum Gasteiger partial charge on any atom is 0.271 e. The van der Waals surface area contributed by atoms with Gasteiger partial charge in [0.2, 0.25) is 5.91 Å². The number of hydrogen-bond donors (Lipinski definition) is 1. The summed E-state index contributed by atoms with van der Waals surface area (Å²) in [6.45, 7) is -0.212. The molecule has 2 heterocycles. The van der Waals surface area contributed by atoms with Crippen LogP contribution >= 0.6 is 11.3 Å². The van der Waals surface area contributed by atoms with Crippen molar-refractivity contribution in [2.24, 2.45) is 0 Å². The second-order valence-corrected chi connectivity index (χ2v) is 6.87. The summed E-state index contributed by atoms with van der Waals surface area (Å²) >= 11 is 1.17. The van der Waals surface area contributed by atoms with Crippen molar-refractivity contribution in [3.63, 3.8) is 0 Å². The number of fused-ring (bicyclic) bond motifs is 3. The normalized spacial score (nSPS) is 11.0. The molecule has 0 radical (unpaired) electrons. The SMILES string of the molecule is COc1ccccc1NC(=O)Cn1cnc2c(sc3cccc(F)c32)c1=O. The number of thiophene rings is 1. The molecule has 0 aliphatic rings. The van der Waals surface area contributed by atoms with Gasteiger partial charge in [0, 0.05) is 4.70 Å². The van der Waals surface area contributed by atoms with Gasteiger partial charge in [-0.25, -0.2) is 9.37 Å². The number of carbonyl (C=O) groups is 1. The van der Waals surface area contributed by atoms with E-state index in [0.717, 1.165) is 0 Å². The average molecular weight is 383 g/mol. The van der Waals surface area contributed by atoms with E-state index in [1.165, 1.54) is 35.4 Å². The molecule has 0 saturated heterocycles. The molecule has 2 aromatic heterocycles. The Hall–Kier alpha value is -3.26. The maximum atomic E-state index is 14.1. The Labute approximate surface area is 156 Å². The van der Waals surface area contributed by atoms with E-state index in [9.17, 15) is 14.0 Å². The molecule has 8 heteroatoms. The molecule has 4 rings (SSSR count). The second kappa shape index (κ2) is 6.81. The van der Waals surface area contributed by atoms with Crippen LogP contribution in [0.25, 0.3) is 20.3 Å². The van der Waals surface area contributed by atoms with Gasteiger partial charge in [-0.3, -0.25) is 14.2 Å². The Morgan fingerprint density at radius 1 is 1.26 bits per heavy atom. The first kappa shape index (κ1) is 17.2. The van der Waals surface area contributed by atoms with Gasteiger partial charge in [-0.1, -0.05) is 18.2 Å². The molecule has 1 amide bonds. The summed E-state index contributed by atoms with van der Waals surface area (Å²) in [5.41, 5.74) is 0.450. The third-order valence-corrected chi connectivity index (χ3v) is 5.25. The molecule has 4 aromatic rings. The molecule has 0 aliphatic heterocycles. The number of anilines is 1. The van der Waals surface area contributed by atoms with Gasteiger partial charge >= 0.3 is 0 Å². The number of aromatic nitrogens is 2. The summed E-state index contributed by atoms with van der Waals surface area (Å²) in [6.07, 6.45) is 1.27. The molecule has 1 N–H and O–H groups in total. The standard InChI is InChI=1S/C19H14FN3O3S/c1-26-13-7-3-2-6-12(13)22-15(24)9-23-10-21-17-16-11(20)5-4-8-14(16)27-18(17)19(23)25/h2-8,10H,9H2,1H3,(H,22,24). The largest absolute Gasteiger partial charge is 0.495 e. The highest BCUT2D eigenvalue weighted by atomic mass is 32.1. The zero-order valence-electron chi connectivity index (χ0n) is 14.2. The first-order valence-corrected chi connectivity index (χ1v) is 8.89. The number of para-hydroxylation sites is 2. The Morgan fingerprint density at radius 2 is 2.07 bits per heavy atom. The van der Waals surface area contributed by atoms with Crippen LogP contribution in [-0.4, -0.2) is 22.6 Å². The van der Waals surface area contributed by atoms with Crippen LogP contribution in [0.4, 0.5) is 10.1 Å². The lowest BCUT2D eigenvalue weighted by molar-refractivity contribution is -0.116. The van der Waals surface area contributed by atoms with Crippen molar-refractivity contribution in [1.29, 1.82) is 0 Å². The number of methoxy groups -OCH3 is 1. The van der Waals surface area contributed by atoms with Crippen molar-refractivity contribution in [3.8, 4) is 5.75 Å². The summed E-state index contributed by atoms with van der Waals surface area (Å²) in [7, 11) is 1.51. The van der Waals surface area contributed by atoms with Crippen molar-refractivity contribution in [3.05, 3.63) is 65.0 Å². The van der Waals surface area contributed by atoms with Crippen molar-refractivity contribution < 1.29 is 13.9 Å². The zero-order chi connectivity index (χ0) is 19.0. The summed E-state index contributed by atoms with van der Waals surface area (Å²) in [4.78, 5) is 29.3. The fourth-order valence-corrected chi connectivity index (χ4v) is 3.99. The van der Waals surface area contributed by atoms with Gasteiger partial charge in [0.1, 0.15) is 22.8 Å². The lowest BCUT2D eigenvalue weighted by Gasteiger charge is -2.10. The molecule has 27 heavy (non-hydrogen) atoms. The Kier molecular flexibility index (Phi) is 4.33. The number of carbonyl (C=O) groups excluding carboxylic acids is 1. The number of nitrogens with one attached hydrogen (secondary N) is 1. The van der Waals surface area contributed by atoms with E-state index in [-0.39, 0.29) is 12.1 Å². The number of benzene rings is 2. The maximum absolute atomic E-state index is 14.1. The fraction of sp³-hybridized carbons (Fsp3) is 0.105. The number of ether oxygens (including phenoxy) is 1. The minimum absolute atomic E-state index is 0.212. The van der Waals surface area contributed by atoms with Crippen LogP contribution in [0.15, 0.2) is 53.6 Å². The van der Waals surface area contributed by atoms with Crippen LogP contribution in [0.3, 0.4) is 0 Å². The third kappa shape index (κ3) is 3.04. The quantitative estimate of drug-likeness (QED) is 0.586. The third-order valence-electron chi connectivity index (χ3n) is 4.12. The van der Waals surface area contributed by atoms with Crippen LogP contribution in [-0.2, 0) is 11.3 Å². The molecular formula is C19H14FN3O3S. The molecule has 0 aliphatic carbocycles. The number of nitrogens with zero attached hydrogens (tertiary/aromatic N) is 2.